The molecule has 2 rings (SSSR count). The van der Waals surface area contributed by atoms with Crippen molar-refractivity contribution in [3.05, 3.63) is 11.2 Å². The average Bonchev–Trinajstić information content (AvgIpc) is 2.86. The van der Waals surface area contributed by atoms with Crippen LogP contribution in [0.5, 0.6) is 0 Å². The second-order valence-corrected chi connectivity index (χ2v) is 9.02. The van der Waals surface area contributed by atoms with Crippen LogP contribution >= 0.6 is 11.3 Å². The molecule has 21 heavy (non-hydrogen) atoms. The van der Waals surface area contributed by atoms with Gasteiger partial charge in [0, 0.05) is 6.54 Å². The van der Waals surface area contributed by atoms with Crippen LogP contribution in [0.25, 0.3) is 0 Å². The fourth-order valence-electron chi connectivity index (χ4n) is 2.55. The van der Waals surface area contributed by atoms with Crippen LogP contribution in [0.4, 0.5) is 0 Å². The zero-order valence-corrected chi connectivity index (χ0v) is 13.8. The minimum absolute atomic E-state index is 0.0612. The predicted molar refractivity (Wildman–Crippen MR) is 79.7 cm³/mol. The van der Waals surface area contributed by atoms with E-state index in [1.54, 1.807) is 6.92 Å². The van der Waals surface area contributed by atoms with Crippen LogP contribution in [0, 0.1) is 18.3 Å². The summed E-state index contributed by atoms with van der Waals surface area (Å²) in [6.45, 7) is 3.76. The van der Waals surface area contributed by atoms with Gasteiger partial charge in [-0.25, -0.2) is 18.1 Å². The van der Waals surface area contributed by atoms with E-state index < -0.39 is 21.4 Å². The Kier molecular flexibility index (Phi) is 4.69. The summed E-state index contributed by atoms with van der Waals surface area (Å²) < 4.78 is 27.0. The normalized spacial score (nSPS) is 26.7. The highest BCUT2D eigenvalue weighted by Gasteiger charge is 2.42. The molecule has 1 aromatic rings. The number of sulfonamides is 1. The SMILES string of the molecule is Cc1ncc(S(=O)(=O)NCC2(C(=O)O)CCC(C)CC2)s1. The summed E-state index contributed by atoms with van der Waals surface area (Å²) >= 11 is 1.08. The van der Waals surface area contributed by atoms with Gasteiger partial charge in [0.2, 0.25) is 0 Å². The maximum atomic E-state index is 12.2. The quantitative estimate of drug-likeness (QED) is 0.860. The largest absolute Gasteiger partial charge is 0.481 e. The van der Waals surface area contributed by atoms with Gasteiger partial charge in [0.25, 0.3) is 10.0 Å². The van der Waals surface area contributed by atoms with Crippen molar-refractivity contribution in [3.63, 3.8) is 0 Å². The molecule has 1 aromatic heterocycles. The predicted octanol–water partition coefficient (Wildman–Crippen LogP) is 2.01. The maximum absolute atomic E-state index is 12.2. The van der Waals surface area contributed by atoms with Gasteiger partial charge >= 0.3 is 5.97 Å². The van der Waals surface area contributed by atoms with E-state index in [1.165, 1.54) is 6.20 Å². The number of carboxylic acids is 1. The van der Waals surface area contributed by atoms with Crippen molar-refractivity contribution in [3.8, 4) is 0 Å². The van der Waals surface area contributed by atoms with Gasteiger partial charge in [-0.1, -0.05) is 6.92 Å². The van der Waals surface area contributed by atoms with Crippen molar-refractivity contribution in [2.75, 3.05) is 6.54 Å². The molecule has 118 valence electrons. The lowest BCUT2D eigenvalue weighted by Gasteiger charge is -2.35. The summed E-state index contributed by atoms with van der Waals surface area (Å²) in [5.41, 5.74) is -0.987. The molecule has 0 unspecified atom stereocenters. The molecule has 2 N–H and O–H groups in total. The first-order valence-corrected chi connectivity index (χ1v) is 9.21. The van der Waals surface area contributed by atoms with Crippen LogP contribution in [0.2, 0.25) is 0 Å². The first-order valence-electron chi connectivity index (χ1n) is 6.91. The van der Waals surface area contributed by atoms with Gasteiger partial charge in [-0.15, -0.1) is 11.3 Å². The average molecular weight is 332 g/mol. The van der Waals surface area contributed by atoms with Crippen LogP contribution < -0.4 is 4.72 Å². The van der Waals surface area contributed by atoms with Crippen molar-refractivity contribution in [1.82, 2.24) is 9.71 Å². The van der Waals surface area contributed by atoms with Crippen molar-refractivity contribution in [2.45, 2.75) is 43.7 Å². The molecule has 0 amide bonds. The second-order valence-electron chi connectivity index (χ2n) is 5.79. The molecule has 6 nitrogen and oxygen atoms in total. The molecule has 1 aliphatic carbocycles. The second kappa shape index (κ2) is 6.02. The number of thiazole rings is 1. The smallest absolute Gasteiger partial charge is 0.310 e. The summed E-state index contributed by atoms with van der Waals surface area (Å²) in [7, 11) is -3.68. The number of hydrogen-bond acceptors (Lipinski definition) is 5. The van der Waals surface area contributed by atoms with Gasteiger partial charge in [-0.2, -0.15) is 0 Å². The molecule has 1 aliphatic rings. The van der Waals surface area contributed by atoms with Crippen LogP contribution in [-0.2, 0) is 14.8 Å². The van der Waals surface area contributed by atoms with E-state index in [-0.39, 0.29) is 10.8 Å². The zero-order valence-electron chi connectivity index (χ0n) is 12.1. The lowest BCUT2D eigenvalue weighted by Crippen LogP contribution is -2.45. The number of hydrogen-bond donors (Lipinski definition) is 2. The highest BCUT2D eigenvalue weighted by Crippen LogP contribution is 2.39. The Bertz CT molecular complexity index is 616. The molecule has 1 fully saturated rings. The van der Waals surface area contributed by atoms with Gasteiger partial charge in [-0.05, 0) is 38.5 Å². The van der Waals surface area contributed by atoms with Gasteiger partial charge in [-0.3, -0.25) is 4.79 Å². The van der Waals surface area contributed by atoms with Gasteiger partial charge < -0.3 is 5.11 Å². The summed E-state index contributed by atoms with van der Waals surface area (Å²) in [5, 5.41) is 10.2. The maximum Gasteiger partial charge on any atom is 0.310 e. The molecule has 0 bridgehead atoms. The number of aryl methyl sites for hydroxylation is 1. The molecule has 1 heterocycles. The van der Waals surface area contributed by atoms with E-state index in [0.29, 0.717) is 23.8 Å². The topological polar surface area (TPSA) is 96.4 Å². The third-order valence-corrected chi connectivity index (χ3v) is 6.93. The minimum Gasteiger partial charge on any atom is -0.481 e. The molecule has 0 aliphatic heterocycles. The molecule has 8 heteroatoms. The number of aliphatic carboxylic acids is 1. The summed E-state index contributed by atoms with van der Waals surface area (Å²) in [5.74, 6) is -0.421. The lowest BCUT2D eigenvalue weighted by atomic mass is 9.71. The van der Waals surface area contributed by atoms with E-state index in [9.17, 15) is 18.3 Å². The van der Waals surface area contributed by atoms with E-state index in [0.717, 1.165) is 24.2 Å². The van der Waals surface area contributed by atoms with E-state index in [1.807, 2.05) is 0 Å². The first-order chi connectivity index (χ1) is 9.75. The van der Waals surface area contributed by atoms with Gasteiger partial charge in [0.05, 0.1) is 16.6 Å². The highest BCUT2D eigenvalue weighted by molar-refractivity contribution is 7.91. The number of nitrogens with one attached hydrogen (secondary N) is 1. The van der Waals surface area contributed by atoms with Crippen molar-refractivity contribution < 1.29 is 18.3 Å². The standard InChI is InChI=1S/C13H20N2O4S2/c1-9-3-5-13(6-4-9,12(16)17)8-15-21(18,19)11-7-14-10(2)20-11/h7,9,15H,3-6,8H2,1-2H3,(H,16,17). The highest BCUT2D eigenvalue weighted by atomic mass is 32.2. The van der Waals surface area contributed by atoms with Crippen LogP contribution in [0.1, 0.15) is 37.6 Å². The van der Waals surface area contributed by atoms with E-state index in [4.69, 9.17) is 0 Å². The number of carboxylic acid groups (broad SMARTS) is 1. The van der Waals surface area contributed by atoms with Crippen LogP contribution in [0.15, 0.2) is 10.4 Å². The lowest BCUT2D eigenvalue weighted by molar-refractivity contribution is -0.151. The van der Waals surface area contributed by atoms with Gasteiger partial charge in [0.15, 0.2) is 4.21 Å². The molecular weight excluding hydrogens is 312 g/mol. The monoisotopic (exact) mass is 332 g/mol. The summed E-state index contributed by atoms with van der Waals surface area (Å²) in [4.78, 5) is 15.5. The van der Waals surface area contributed by atoms with Crippen LogP contribution in [0.3, 0.4) is 0 Å². The Balaban J connectivity index is 2.11. The number of carbonyl (C=O) groups is 1. The zero-order chi connectivity index (χ0) is 15.7. The number of aromatic nitrogens is 1. The third kappa shape index (κ3) is 3.61. The minimum atomic E-state index is -3.68. The molecular formula is C13H20N2O4S2. The third-order valence-electron chi connectivity index (χ3n) is 4.15. The fraction of sp³-hybridized carbons (Fsp3) is 0.692. The Morgan fingerprint density at radius 2 is 2.14 bits per heavy atom. The van der Waals surface area contributed by atoms with E-state index >= 15 is 0 Å². The Morgan fingerprint density at radius 1 is 1.52 bits per heavy atom. The molecule has 0 aromatic carbocycles. The Morgan fingerprint density at radius 3 is 2.62 bits per heavy atom. The van der Waals surface area contributed by atoms with Crippen molar-refractivity contribution >= 4 is 27.3 Å². The molecule has 0 atom stereocenters. The molecule has 1 saturated carbocycles. The first kappa shape index (κ1) is 16.4. The molecule has 0 radical (unpaired) electrons. The Hall–Kier alpha value is -0.990. The van der Waals surface area contributed by atoms with Crippen molar-refractivity contribution in [2.24, 2.45) is 11.3 Å². The number of nitrogens with zero attached hydrogens (tertiary/aromatic N) is 1. The summed E-state index contributed by atoms with van der Waals surface area (Å²) in [6.07, 6.45) is 3.95. The summed E-state index contributed by atoms with van der Waals surface area (Å²) in [6, 6.07) is 0. The van der Waals surface area contributed by atoms with Gasteiger partial charge in [0.1, 0.15) is 0 Å². The molecule has 0 saturated heterocycles. The van der Waals surface area contributed by atoms with Crippen LogP contribution in [-0.4, -0.2) is 31.0 Å². The Labute approximate surface area is 128 Å². The van der Waals surface area contributed by atoms with Crippen molar-refractivity contribution in [1.29, 1.82) is 0 Å². The fourth-order valence-corrected chi connectivity index (χ4v) is 4.83. The number of rotatable bonds is 5. The van der Waals surface area contributed by atoms with E-state index in [2.05, 4.69) is 16.6 Å². The molecule has 0 spiro atoms.